The lowest BCUT2D eigenvalue weighted by Crippen LogP contribution is -2.11. The Balaban J connectivity index is 2.30. The summed E-state index contributed by atoms with van der Waals surface area (Å²) in [5.41, 5.74) is 1.49. The fourth-order valence-electron chi connectivity index (χ4n) is 1.87. The second-order valence-corrected chi connectivity index (χ2v) is 7.52. The van der Waals surface area contributed by atoms with Gasteiger partial charge in [0.2, 0.25) is 0 Å². The summed E-state index contributed by atoms with van der Waals surface area (Å²) in [6.07, 6.45) is 0.761. The Morgan fingerprint density at radius 3 is 2.45 bits per heavy atom. The summed E-state index contributed by atoms with van der Waals surface area (Å²) in [4.78, 5) is 0. The Morgan fingerprint density at radius 2 is 1.85 bits per heavy atom. The van der Waals surface area contributed by atoms with Crippen LogP contribution < -0.4 is 9.83 Å². The molecule has 0 radical (unpaired) electrons. The first-order chi connectivity index (χ1) is 9.56. The molecule has 0 amide bonds. The maximum atomic E-state index is 12.7. The standard InChI is InChI=1S/C15H14NO2PS/c1-2-13-5-3-4-6-15(13)19(17,20)18-14-9-7-12(11-16)8-10-14/h3-10H,2H2,1H3,(H,17,20). The molecule has 0 heterocycles. The molecule has 1 atom stereocenters. The number of nitriles is 1. The molecule has 0 aliphatic heterocycles. The first-order valence-corrected chi connectivity index (χ1v) is 8.95. The molecule has 0 saturated heterocycles. The van der Waals surface area contributed by atoms with Gasteiger partial charge in [0.05, 0.1) is 16.9 Å². The highest BCUT2D eigenvalue weighted by Crippen LogP contribution is 2.51. The maximum absolute atomic E-state index is 12.7. The quantitative estimate of drug-likeness (QED) is 0.687. The van der Waals surface area contributed by atoms with E-state index in [2.05, 4.69) is 12.2 Å². The average Bonchev–Trinajstić information content (AvgIpc) is 2.47. The van der Waals surface area contributed by atoms with Crippen LogP contribution in [0.15, 0.2) is 48.5 Å². The van der Waals surface area contributed by atoms with Gasteiger partial charge >= 0.3 is 6.57 Å². The smallest absolute Gasteiger partial charge is 0.330 e. The van der Waals surface area contributed by atoms with E-state index in [0.717, 1.165) is 12.0 Å². The van der Waals surface area contributed by atoms with Crippen molar-refractivity contribution in [3.63, 3.8) is 0 Å². The van der Waals surface area contributed by atoms with Gasteiger partial charge in [-0.05, 0) is 42.3 Å². The van der Waals surface area contributed by atoms with E-state index in [-0.39, 0.29) is 0 Å². The van der Waals surface area contributed by atoms with Crippen molar-refractivity contribution in [1.29, 1.82) is 5.26 Å². The Kier molecular flexibility index (Phi) is 4.54. The largest absolute Gasteiger partial charge is 0.433 e. The fraction of sp³-hybridized carbons (Fsp3) is 0.133. The molecular formula is C15H14NO2PS. The fourth-order valence-corrected chi connectivity index (χ4v) is 4.11. The molecule has 0 aromatic heterocycles. The van der Waals surface area contributed by atoms with E-state index >= 15 is 0 Å². The van der Waals surface area contributed by atoms with Gasteiger partial charge in [0.15, 0.2) is 0 Å². The highest BCUT2D eigenvalue weighted by atomic mass is 32.7. The molecule has 5 heteroatoms. The zero-order valence-electron chi connectivity index (χ0n) is 11.0. The van der Waals surface area contributed by atoms with Crippen LogP contribution in [0.5, 0.6) is 5.75 Å². The van der Waals surface area contributed by atoms with Gasteiger partial charge in [0, 0.05) is 0 Å². The van der Waals surface area contributed by atoms with Gasteiger partial charge < -0.3 is 4.52 Å². The third-order valence-corrected chi connectivity index (χ3v) is 5.28. The van der Waals surface area contributed by atoms with Gasteiger partial charge in [-0.25, -0.2) is 0 Å². The van der Waals surface area contributed by atoms with Crippen molar-refractivity contribution in [3.05, 3.63) is 59.7 Å². The maximum Gasteiger partial charge on any atom is 0.330 e. The molecule has 0 aliphatic carbocycles. The molecule has 20 heavy (non-hydrogen) atoms. The molecular weight excluding hydrogens is 289 g/mol. The van der Waals surface area contributed by atoms with E-state index in [4.69, 9.17) is 9.79 Å². The third-order valence-electron chi connectivity index (χ3n) is 2.89. The summed E-state index contributed by atoms with van der Waals surface area (Å²) >= 11 is 4.23. The summed E-state index contributed by atoms with van der Waals surface area (Å²) in [5.74, 6) is 0.438. The van der Waals surface area contributed by atoms with Crippen LogP contribution in [0, 0.1) is 11.3 Å². The highest BCUT2D eigenvalue weighted by molar-refractivity contribution is 8.49. The van der Waals surface area contributed by atoms with Gasteiger partial charge in [-0.15, -0.1) is 0 Å². The normalized spacial score (nSPS) is 13.2. The molecule has 0 N–H and O–H groups in total. The molecule has 0 spiro atoms. The number of nitrogens with zero attached hydrogens (tertiary/aromatic N) is 1. The van der Waals surface area contributed by atoms with Crippen LogP contribution in [0.25, 0.3) is 0 Å². The summed E-state index contributed by atoms with van der Waals surface area (Å²) in [7, 11) is 0. The number of aryl methyl sites for hydroxylation is 1. The zero-order valence-corrected chi connectivity index (χ0v) is 12.8. The molecule has 0 saturated carbocycles. The van der Waals surface area contributed by atoms with Crippen LogP contribution in [-0.4, -0.2) is 0 Å². The number of thiol groups is 1. The lowest BCUT2D eigenvalue weighted by atomic mass is 10.2. The van der Waals surface area contributed by atoms with Crippen LogP contribution in [0.3, 0.4) is 0 Å². The van der Waals surface area contributed by atoms with Crippen molar-refractivity contribution >= 4 is 24.1 Å². The monoisotopic (exact) mass is 303 g/mol. The lowest BCUT2D eigenvalue weighted by molar-refractivity contribution is 0.509. The van der Waals surface area contributed by atoms with E-state index in [1.807, 2.05) is 31.2 Å². The molecule has 2 aromatic carbocycles. The minimum Gasteiger partial charge on any atom is -0.433 e. The highest BCUT2D eigenvalue weighted by Gasteiger charge is 2.24. The average molecular weight is 303 g/mol. The van der Waals surface area contributed by atoms with Crippen molar-refractivity contribution < 1.29 is 9.09 Å². The first kappa shape index (κ1) is 14.7. The van der Waals surface area contributed by atoms with Crippen molar-refractivity contribution in [1.82, 2.24) is 0 Å². The molecule has 1 unspecified atom stereocenters. The molecule has 102 valence electrons. The second kappa shape index (κ2) is 6.17. The summed E-state index contributed by atoms with van der Waals surface area (Å²) < 4.78 is 18.2. The third kappa shape index (κ3) is 3.25. The number of benzene rings is 2. The summed E-state index contributed by atoms with van der Waals surface area (Å²) in [5, 5.41) is 9.37. The van der Waals surface area contributed by atoms with E-state index < -0.39 is 6.57 Å². The van der Waals surface area contributed by atoms with Crippen molar-refractivity contribution in [3.8, 4) is 11.8 Å². The van der Waals surface area contributed by atoms with Gasteiger partial charge in [-0.2, -0.15) is 5.26 Å². The summed E-state index contributed by atoms with van der Waals surface area (Å²) in [6.45, 7) is -1.24. The Bertz CT molecular complexity index is 692. The minimum absolute atomic E-state index is 0.438. The van der Waals surface area contributed by atoms with E-state index in [9.17, 15) is 4.57 Å². The predicted octanol–water partition coefficient (Wildman–Crippen LogP) is 3.95. The number of hydrogen-bond donors (Lipinski definition) is 1. The van der Waals surface area contributed by atoms with Crippen LogP contribution in [0.2, 0.25) is 0 Å². The Morgan fingerprint density at radius 1 is 1.20 bits per heavy atom. The SMILES string of the molecule is CCc1ccccc1P(=O)(S)Oc1ccc(C#N)cc1. The first-order valence-electron chi connectivity index (χ1n) is 6.18. The van der Waals surface area contributed by atoms with Gasteiger partial charge in [0.1, 0.15) is 5.75 Å². The van der Waals surface area contributed by atoms with Gasteiger partial charge in [0.25, 0.3) is 0 Å². The zero-order chi connectivity index (χ0) is 14.6. The van der Waals surface area contributed by atoms with E-state index in [1.165, 1.54) is 0 Å². The van der Waals surface area contributed by atoms with Crippen molar-refractivity contribution in [2.75, 3.05) is 0 Å². The second-order valence-electron chi connectivity index (χ2n) is 4.23. The topological polar surface area (TPSA) is 50.1 Å². The molecule has 0 fully saturated rings. The molecule has 0 aliphatic rings. The Labute approximate surface area is 123 Å². The van der Waals surface area contributed by atoms with Crippen molar-refractivity contribution in [2.45, 2.75) is 13.3 Å². The number of rotatable bonds is 4. The molecule has 3 nitrogen and oxygen atoms in total. The number of hydrogen-bond acceptors (Lipinski definition) is 3. The molecule has 2 rings (SSSR count). The summed E-state index contributed by atoms with van der Waals surface area (Å²) in [6, 6.07) is 15.9. The van der Waals surface area contributed by atoms with Crippen LogP contribution in [-0.2, 0) is 11.0 Å². The molecule has 0 bridgehead atoms. The van der Waals surface area contributed by atoms with Crippen LogP contribution >= 0.6 is 18.8 Å². The predicted molar refractivity (Wildman–Crippen MR) is 83.8 cm³/mol. The van der Waals surface area contributed by atoms with E-state index in [0.29, 0.717) is 16.6 Å². The van der Waals surface area contributed by atoms with Crippen LogP contribution in [0.4, 0.5) is 0 Å². The molecule has 2 aromatic rings. The van der Waals surface area contributed by atoms with Gasteiger partial charge in [-0.3, -0.25) is 4.57 Å². The Hall–Kier alpha value is -1.69. The van der Waals surface area contributed by atoms with Gasteiger partial charge in [-0.1, -0.05) is 37.4 Å². The van der Waals surface area contributed by atoms with E-state index in [1.54, 1.807) is 30.3 Å². The minimum atomic E-state index is -3.23. The van der Waals surface area contributed by atoms with Crippen molar-refractivity contribution in [2.24, 2.45) is 0 Å². The van der Waals surface area contributed by atoms with Crippen LogP contribution in [0.1, 0.15) is 18.1 Å². The lowest BCUT2D eigenvalue weighted by Gasteiger charge is -2.17.